The number of Topliss-reactive ketones (excluding diaryl/α,β-unsaturated/α-hetero) is 1. The maximum absolute atomic E-state index is 12.7. The molecule has 6 heteroatoms. The molecule has 2 heterocycles. The molecule has 1 aliphatic heterocycles. The molecule has 0 N–H and O–H groups in total. The van der Waals surface area contributed by atoms with E-state index in [2.05, 4.69) is 0 Å². The van der Waals surface area contributed by atoms with Crippen LogP contribution in [0.3, 0.4) is 0 Å². The van der Waals surface area contributed by atoms with Crippen LogP contribution in [0.5, 0.6) is 0 Å². The predicted octanol–water partition coefficient (Wildman–Crippen LogP) is 2.62. The van der Waals surface area contributed by atoms with E-state index in [9.17, 15) is 14.4 Å². The molecule has 1 saturated heterocycles. The second-order valence-electron chi connectivity index (χ2n) is 6.22. The summed E-state index contributed by atoms with van der Waals surface area (Å²) in [4.78, 5) is 38.6. The Morgan fingerprint density at radius 2 is 2.00 bits per heavy atom. The highest BCUT2D eigenvalue weighted by atomic mass is 35.5. The molecule has 2 aromatic rings. The molecule has 0 saturated carbocycles. The van der Waals surface area contributed by atoms with E-state index in [-0.39, 0.29) is 29.7 Å². The second-order valence-corrected chi connectivity index (χ2v) is 6.66. The Balaban J connectivity index is 1.68. The van der Waals surface area contributed by atoms with Crippen molar-refractivity contribution < 1.29 is 9.59 Å². The lowest BCUT2D eigenvalue weighted by molar-refractivity contribution is -0.133. The molecule has 1 aromatic carbocycles. The fourth-order valence-corrected chi connectivity index (χ4v) is 3.32. The molecular weight excluding hydrogens is 340 g/mol. The van der Waals surface area contributed by atoms with Gasteiger partial charge in [-0.3, -0.25) is 14.4 Å². The minimum absolute atomic E-state index is 0.00223. The highest BCUT2D eigenvalue weighted by Gasteiger charge is 2.29. The van der Waals surface area contributed by atoms with E-state index in [0.29, 0.717) is 23.7 Å². The molecule has 1 unspecified atom stereocenters. The van der Waals surface area contributed by atoms with Crippen molar-refractivity contribution in [3.8, 4) is 0 Å². The lowest BCUT2D eigenvalue weighted by Crippen LogP contribution is -2.44. The van der Waals surface area contributed by atoms with E-state index >= 15 is 0 Å². The van der Waals surface area contributed by atoms with Gasteiger partial charge in [0, 0.05) is 41.9 Å². The van der Waals surface area contributed by atoms with Gasteiger partial charge in [0.1, 0.15) is 6.54 Å². The summed E-state index contributed by atoms with van der Waals surface area (Å²) < 4.78 is 1.38. The lowest BCUT2D eigenvalue weighted by atomic mass is 9.90. The first-order chi connectivity index (χ1) is 12.0. The Kier molecular flexibility index (Phi) is 5.34. The highest BCUT2D eigenvalue weighted by Crippen LogP contribution is 2.22. The molecule has 0 aliphatic carbocycles. The van der Waals surface area contributed by atoms with Crippen LogP contribution in [0.15, 0.2) is 53.5 Å². The summed E-state index contributed by atoms with van der Waals surface area (Å²) in [6.07, 6.45) is 3.12. The van der Waals surface area contributed by atoms with Gasteiger partial charge in [-0.1, -0.05) is 29.8 Å². The van der Waals surface area contributed by atoms with Crippen molar-refractivity contribution in [2.24, 2.45) is 5.92 Å². The van der Waals surface area contributed by atoms with Gasteiger partial charge in [-0.15, -0.1) is 0 Å². The number of pyridine rings is 1. The predicted molar refractivity (Wildman–Crippen MR) is 95.8 cm³/mol. The molecule has 0 bridgehead atoms. The van der Waals surface area contributed by atoms with Gasteiger partial charge in [-0.25, -0.2) is 0 Å². The Labute approximate surface area is 150 Å². The SMILES string of the molecule is O=C(c1cccc(Cl)c1)C1CCCN(C(=O)Cn2ccccc2=O)C1. The summed E-state index contributed by atoms with van der Waals surface area (Å²) in [5, 5.41) is 0.526. The molecular formula is C19H19ClN2O3. The van der Waals surface area contributed by atoms with Crippen molar-refractivity contribution in [1.82, 2.24) is 9.47 Å². The van der Waals surface area contributed by atoms with Gasteiger partial charge in [-0.2, -0.15) is 0 Å². The van der Waals surface area contributed by atoms with Crippen LogP contribution in [0.4, 0.5) is 0 Å². The van der Waals surface area contributed by atoms with Crippen LogP contribution in [0.2, 0.25) is 5.02 Å². The third-order valence-corrected chi connectivity index (χ3v) is 4.69. The summed E-state index contributed by atoms with van der Waals surface area (Å²) in [5.74, 6) is -0.363. The summed E-state index contributed by atoms with van der Waals surface area (Å²) in [6, 6.07) is 11.7. The van der Waals surface area contributed by atoms with Crippen LogP contribution in [0.25, 0.3) is 0 Å². The smallest absolute Gasteiger partial charge is 0.250 e. The van der Waals surface area contributed by atoms with Crippen LogP contribution in [0, 0.1) is 5.92 Å². The van der Waals surface area contributed by atoms with Crippen LogP contribution in [-0.2, 0) is 11.3 Å². The van der Waals surface area contributed by atoms with Gasteiger partial charge >= 0.3 is 0 Å². The first-order valence-corrected chi connectivity index (χ1v) is 8.65. The molecule has 1 aliphatic rings. The molecule has 3 rings (SSSR count). The number of amides is 1. The van der Waals surface area contributed by atoms with Crippen molar-refractivity contribution in [1.29, 1.82) is 0 Å². The minimum Gasteiger partial charge on any atom is -0.340 e. The number of halogens is 1. The fraction of sp³-hybridized carbons (Fsp3) is 0.316. The van der Waals surface area contributed by atoms with Gasteiger partial charge in [0.05, 0.1) is 0 Å². The maximum atomic E-state index is 12.7. The van der Waals surface area contributed by atoms with E-state index in [4.69, 9.17) is 11.6 Å². The van der Waals surface area contributed by atoms with Gasteiger partial charge in [0.15, 0.2) is 5.78 Å². The zero-order chi connectivity index (χ0) is 17.8. The zero-order valence-electron chi connectivity index (χ0n) is 13.7. The number of hydrogen-bond donors (Lipinski definition) is 0. The largest absolute Gasteiger partial charge is 0.340 e. The topological polar surface area (TPSA) is 59.4 Å². The average Bonchev–Trinajstić information content (AvgIpc) is 2.63. The van der Waals surface area contributed by atoms with Crippen molar-refractivity contribution >= 4 is 23.3 Å². The van der Waals surface area contributed by atoms with Crippen LogP contribution < -0.4 is 5.56 Å². The van der Waals surface area contributed by atoms with Gasteiger partial charge in [0.2, 0.25) is 5.91 Å². The Bertz CT molecular complexity index is 846. The molecule has 130 valence electrons. The first-order valence-electron chi connectivity index (χ1n) is 8.27. The summed E-state index contributed by atoms with van der Waals surface area (Å²) >= 11 is 5.96. The summed E-state index contributed by atoms with van der Waals surface area (Å²) in [6.45, 7) is 0.989. The maximum Gasteiger partial charge on any atom is 0.250 e. The normalized spacial score (nSPS) is 17.3. The molecule has 0 radical (unpaired) electrons. The molecule has 1 amide bonds. The quantitative estimate of drug-likeness (QED) is 0.789. The summed E-state index contributed by atoms with van der Waals surface area (Å²) in [7, 11) is 0. The summed E-state index contributed by atoms with van der Waals surface area (Å²) in [5.41, 5.74) is 0.366. The van der Waals surface area contributed by atoms with E-state index in [1.807, 2.05) is 0 Å². The Hall–Kier alpha value is -2.40. The number of piperidine rings is 1. The minimum atomic E-state index is -0.233. The van der Waals surface area contributed by atoms with E-state index < -0.39 is 0 Å². The fourth-order valence-electron chi connectivity index (χ4n) is 3.13. The third-order valence-electron chi connectivity index (χ3n) is 4.46. The van der Waals surface area contributed by atoms with Crippen molar-refractivity contribution in [3.05, 3.63) is 69.6 Å². The Morgan fingerprint density at radius 3 is 2.76 bits per heavy atom. The molecule has 1 fully saturated rings. The number of ketones is 1. The second kappa shape index (κ2) is 7.66. The zero-order valence-corrected chi connectivity index (χ0v) is 14.5. The number of rotatable bonds is 4. The van der Waals surface area contributed by atoms with Crippen molar-refractivity contribution in [2.75, 3.05) is 13.1 Å². The van der Waals surface area contributed by atoms with Crippen molar-refractivity contribution in [2.45, 2.75) is 19.4 Å². The van der Waals surface area contributed by atoms with E-state index in [1.54, 1.807) is 47.5 Å². The molecule has 5 nitrogen and oxygen atoms in total. The molecule has 1 atom stereocenters. The number of likely N-dealkylation sites (tertiary alicyclic amines) is 1. The first kappa shape index (κ1) is 17.4. The van der Waals surface area contributed by atoms with Gasteiger partial charge < -0.3 is 9.47 Å². The number of benzene rings is 1. The number of hydrogen-bond acceptors (Lipinski definition) is 3. The number of carbonyl (C=O) groups excluding carboxylic acids is 2. The Morgan fingerprint density at radius 1 is 1.16 bits per heavy atom. The van der Waals surface area contributed by atoms with Crippen LogP contribution >= 0.6 is 11.6 Å². The monoisotopic (exact) mass is 358 g/mol. The van der Waals surface area contributed by atoms with Crippen LogP contribution in [-0.4, -0.2) is 34.2 Å². The van der Waals surface area contributed by atoms with E-state index in [0.717, 1.165) is 12.8 Å². The van der Waals surface area contributed by atoms with Crippen molar-refractivity contribution in [3.63, 3.8) is 0 Å². The lowest BCUT2D eigenvalue weighted by Gasteiger charge is -2.32. The standard InChI is InChI=1S/C19H19ClN2O3/c20-16-7-3-5-14(11-16)19(25)15-6-4-10-21(12-15)18(24)13-22-9-2-1-8-17(22)23/h1-3,5,7-9,11,15H,4,6,10,12-13H2. The number of aromatic nitrogens is 1. The number of nitrogens with zero attached hydrogens (tertiary/aromatic N) is 2. The number of carbonyl (C=O) groups is 2. The molecule has 0 spiro atoms. The average molecular weight is 359 g/mol. The van der Waals surface area contributed by atoms with E-state index in [1.165, 1.54) is 10.6 Å². The molecule has 25 heavy (non-hydrogen) atoms. The molecule has 1 aromatic heterocycles. The van der Waals surface area contributed by atoms with Crippen LogP contribution in [0.1, 0.15) is 23.2 Å². The highest BCUT2D eigenvalue weighted by molar-refractivity contribution is 6.31. The van der Waals surface area contributed by atoms with Gasteiger partial charge in [-0.05, 0) is 31.0 Å². The van der Waals surface area contributed by atoms with Gasteiger partial charge in [0.25, 0.3) is 5.56 Å². The third kappa shape index (κ3) is 4.17.